The van der Waals surface area contributed by atoms with Crippen molar-refractivity contribution in [3.05, 3.63) is 96.1 Å². The normalized spacial score (nSPS) is 12.5. The number of nitrogens with zero attached hydrogens (tertiary/aromatic N) is 2. The second kappa shape index (κ2) is 11.5. The summed E-state index contributed by atoms with van der Waals surface area (Å²) in [5, 5.41) is 2.46. The van der Waals surface area contributed by atoms with Crippen LogP contribution >= 0.6 is 0 Å². The van der Waals surface area contributed by atoms with Crippen LogP contribution in [0.5, 0.6) is 0 Å². The molecule has 0 bridgehead atoms. The molecule has 0 aromatic heterocycles. The molecule has 0 aliphatic heterocycles. The highest BCUT2D eigenvalue weighted by Crippen LogP contribution is 2.33. The Labute approximate surface area is 213 Å². The van der Waals surface area contributed by atoms with Crippen molar-refractivity contribution in [3.63, 3.8) is 0 Å². The van der Waals surface area contributed by atoms with Crippen LogP contribution in [0.1, 0.15) is 18.1 Å². The number of hydrogen-bond donors (Lipinski definition) is 1. The van der Waals surface area contributed by atoms with Crippen LogP contribution in [0.25, 0.3) is 0 Å². The molecule has 37 heavy (non-hydrogen) atoms. The molecule has 0 aliphatic carbocycles. The number of carbonyl (C=O) groups excluding carboxylic acids is 2. The van der Waals surface area contributed by atoms with Gasteiger partial charge in [0.2, 0.25) is 11.8 Å². The lowest BCUT2D eigenvalue weighted by Gasteiger charge is -2.32. The summed E-state index contributed by atoms with van der Waals surface area (Å²) >= 11 is 0. The number of likely N-dealkylation sites (N-methyl/N-ethyl adjacent to an activating group) is 1. The Bertz CT molecular complexity index is 1330. The van der Waals surface area contributed by atoms with E-state index in [1.807, 2.05) is 0 Å². The van der Waals surface area contributed by atoms with E-state index < -0.39 is 46.2 Å². The number of halogens is 3. The van der Waals surface area contributed by atoms with Gasteiger partial charge in [0.15, 0.2) is 0 Å². The zero-order chi connectivity index (χ0) is 27.2. The SMILES string of the molecule is CNC(=O)[C@H](C)N(Cc1ccccc1)C(=O)CN(c1cccc(C(F)(F)F)c1)S(=O)(=O)c1ccccc1. The molecular weight excluding hydrogens is 507 g/mol. The summed E-state index contributed by atoms with van der Waals surface area (Å²) < 4.78 is 68.1. The molecule has 3 rings (SSSR count). The molecule has 0 aliphatic rings. The van der Waals surface area contributed by atoms with Crippen molar-refractivity contribution >= 4 is 27.5 Å². The standard InChI is InChI=1S/C26H26F3N3O4S/c1-19(25(34)30-2)31(17-20-10-5-3-6-11-20)24(33)18-32(37(35,36)23-14-7-4-8-15-23)22-13-9-12-21(16-22)26(27,28)29/h3-16,19H,17-18H2,1-2H3,(H,30,34)/t19-/m0/s1. The highest BCUT2D eigenvalue weighted by Gasteiger charge is 2.35. The van der Waals surface area contributed by atoms with Crippen molar-refractivity contribution in [1.82, 2.24) is 10.2 Å². The second-order valence-corrected chi connectivity index (χ2v) is 10.0. The molecule has 0 unspecified atom stereocenters. The van der Waals surface area contributed by atoms with Gasteiger partial charge < -0.3 is 10.2 Å². The van der Waals surface area contributed by atoms with Crippen LogP contribution in [0.4, 0.5) is 18.9 Å². The lowest BCUT2D eigenvalue weighted by molar-refractivity contribution is -0.139. The van der Waals surface area contributed by atoms with Crippen LogP contribution in [-0.4, -0.2) is 44.8 Å². The average molecular weight is 534 g/mol. The molecule has 196 valence electrons. The smallest absolute Gasteiger partial charge is 0.357 e. The lowest BCUT2D eigenvalue weighted by atomic mass is 10.1. The molecule has 1 N–H and O–H groups in total. The molecule has 11 heteroatoms. The molecular formula is C26H26F3N3O4S. The minimum atomic E-state index is -4.73. The number of sulfonamides is 1. The summed E-state index contributed by atoms with van der Waals surface area (Å²) in [6.07, 6.45) is -4.73. The highest BCUT2D eigenvalue weighted by molar-refractivity contribution is 7.92. The first-order chi connectivity index (χ1) is 17.4. The van der Waals surface area contributed by atoms with Crippen LogP contribution in [0.15, 0.2) is 89.8 Å². The third-order valence-corrected chi connectivity index (χ3v) is 7.47. The molecule has 7 nitrogen and oxygen atoms in total. The first kappa shape index (κ1) is 27.7. The molecule has 1 atom stereocenters. The van der Waals surface area contributed by atoms with Crippen molar-refractivity contribution in [2.45, 2.75) is 30.6 Å². The van der Waals surface area contributed by atoms with Crippen molar-refractivity contribution in [3.8, 4) is 0 Å². The maximum absolute atomic E-state index is 13.6. The summed E-state index contributed by atoms with van der Waals surface area (Å²) in [7, 11) is -3.05. The maximum atomic E-state index is 13.6. The van der Waals surface area contributed by atoms with E-state index in [4.69, 9.17) is 0 Å². The van der Waals surface area contributed by atoms with Crippen LogP contribution in [0.2, 0.25) is 0 Å². The Balaban J connectivity index is 2.07. The Morgan fingerprint density at radius 2 is 1.51 bits per heavy atom. The first-order valence-corrected chi connectivity index (χ1v) is 12.7. The van der Waals surface area contributed by atoms with E-state index in [9.17, 15) is 31.2 Å². The van der Waals surface area contributed by atoms with E-state index in [0.29, 0.717) is 15.9 Å². The Kier molecular flexibility index (Phi) is 8.59. The van der Waals surface area contributed by atoms with Crippen LogP contribution in [0.3, 0.4) is 0 Å². The van der Waals surface area contributed by atoms with Gasteiger partial charge in [-0.05, 0) is 42.8 Å². The number of amides is 2. The molecule has 0 saturated heterocycles. The van der Waals surface area contributed by atoms with Gasteiger partial charge in [-0.2, -0.15) is 13.2 Å². The van der Waals surface area contributed by atoms with E-state index in [2.05, 4.69) is 5.32 Å². The number of hydrogen-bond acceptors (Lipinski definition) is 4. The number of carbonyl (C=O) groups is 2. The zero-order valence-electron chi connectivity index (χ0n) is 20.1. The number of benzene rings is 3. The monoisotopic (exact) mass is 533 g/mol. The number of rotatable bonds is 9. The molecule has 0 fully saturated rings. The quantitative estimate of drug-likeness (QED) is 0.450. The number of anilines is 1. The van der Waals surface area contributed by atoms with Crippen molar-refractivity contribution in [2.24, 2.45) is 0 Å². The fourth-order valence-electron chi connectivity index (χ4n) is 3.66. The molecule has 2 amide bonds. The van der Waals surface area contributed by atoms with Gasteiger partial charge in [-0.3, -0.25) is 13.9 Å². The van der Waals surface area contributed by atoms with Crippen molar-refractivity contribution in [2.75, 3.05) is 17.9 Å². The van der Waals surface area contributed by atoms with Gasteiger partial charge in [-0.1, -0.05) is 54.6 Å². The van der Waals surface area contributed by atoms with Crippen LogP contribution in [0, 0.1) is 0 Å². The van der Waals surface area contributed by atoms with E-state index in [1.165, 1.54) is 49.2 Å². The van der Waals surface area contributed by atoms with Crippen LogP contribution in [-0.2, 0) is 32.3 Å². The van der Waals surface area contributed by atoms with Gasteiger partial charge in [-0.15, -0.1) is 0 Å². The van der Waals surface area contributed by atoms with Crippen molar-refractivity contribution in [1.29, 1.82) is 0 Å². The summed E-state index contributed by atoms with van der Waals surface area (Å²) in [6.45, 7) is 0.642. The van der Waals surface area contributed by atoms with Gasteiger partial charge in [0.25, 0.3) is 10.0 Å². The predicted molar refractivity (Wildman–Crippen MR) is 133 cm³/mol. The summed E-state index contributed by atoms with van der Waals surface area (Å²) in [5.41, 5.74) is -0.715. The summed E-state index contributed by atoms with van der Waals surface area (Å²) in [6, 6.07) is 18.6. The minimum Gasteiger partial charge on any atom is -0.357 e. The minimum absolute atomic E-state index is 0.0178. The van der Waals surface area contributed by atoms with E-state index >= 15 is 0 Å². The highest BCUT2D eigenvalue weighted by atomic mass is 32.2. The zero-order valence-corrected chi connectivity index (χ0v) is 21.0. The van der Waals surface area contributed by atoms with E-state index in [-0.39, 0.29) is 17.1 Å². The number of nitrogens with one attached hydrogen (secondary N) is 1. The van der Waals surface area contributed by atoms with Gasteiger partial charge >= 0.3 is 6.18 Å². The van der Waals surface area contributed by atoms with Crippen LogP contribution < -0.4 is 9.62 Å². The molecule has 0 radical (unpaired) electrons. The van der Waals surface area contributed by atoms with Gasteiger partial charge in [0.1, 0.15) is 12.6 Å². The fraction of sp³-hybridized carbons (Fsp3) is 0.231. The number of alkyl halides is 3. The Morgan fingerprint density at radius 1 is 0.919 bits per heavy atom. The topological polar surface area (TPSA) is 86.8 Å². The third kappa shape index (κ3) is 6.67. The lowest BCUT2D eigenvalue weighted by Crippen LogP contribution is -2.50. The van der Waals surface area contributed by atoms with E-state index in [1.54, 1.807) is 36.4 Å². The molecule has 0 spiro atoms. The Morgan fingerprint density at radius 3 is 2.08 bits per heavy atom. The molecule has 3 aromatic carbocycles. The van der Waals surface area contributed by atoms with Crippen molar-refractivity contribution < 1.29 is 31.2 Å². The van der Waals surface area contributed by atoms with Gasteiger partial charge in [0, 0.05) is 13.6 Å². The van der Waals surface area contributed by atoms with Gasteiger partial charge in [0.05, 0.1) is 16.1 Å². The third-order valence-electron chi connectivity index (χ3n) is 5.68. The second-order valence-electron chi connectivity index (χ2n) is 8.17. The van der Waals surface area contributed by atoms with Gasteiger partial charge in [-0.25, -0.2) is 8.42 Å². The average Bonchev–Trinajstić information content (AvgIpc) is 2.90. The predicted octanol–water partition coefficient (Wildman–Crippen LogP) is 4.06. The molecule has 3 aromatic rings. The molecule has 0 heterocycles. The molecule has 0 saturated carbocycles. The maximum Gasteiger partial charge on any atom is 0.416 e. The summed E-state index contributed by atoms with van der Waals surface area (Å²) in [5.74, 6) is -1.25. The first-order valence-electron chi connectivity index (χ1n) is 11.2. The largest absolute Gasteiger partial charge is 0.416 e. The Hall–Kier alpha value is -3.86. The fourth-order valence-corrected chi connectivity index (χ4v) is 5.08. The van der Waals surface area contributed by atoms with E-state index in [0.717, 1.165) is 12.1 Å². The summed E-state index contributed by atoms with van der Waals surface area (Å²) in [4.78, 5) is 27.0.